The number of fused-ring (bicyclic) bond motifs is 7. The van der Waals surface area contributed by atoms with Gasteiger partial charge in [-0.05, 0) is 74.1 Å². The molecule has 2 heterocycles. The molecule has 11 rings (SSSR count). The molecule has 11 aromatic rings. The summed E-state index contributed by atoms with van der Waals surface area (Å²) in [6.45, 7) is 0. The number of hydrogen-bond donors (Lipinski definition) is 0. The molecule has 5 heteroatoms. The largest absolute Gasteiger partial charge is 0.435 e. The lowest BCUT2D eigenvalue weighted by molar-refractivity contribution is 0.623. The standard InChI is InChI=1S/C52H32N4O/c1-4-14-33(15-5-1)38-26-28-42-43-29-27-39(32-46(43)48-47(45(42)31-38)53-52(57-48)36-19-8-3-9-20-36)37-22-12-23-40(30-37)50-54-49(35-17-6-2-7-18-35)55-51(56-50)44-25-13-21-34-16-10-11-24-41(34)44/h1-32H. The molecule has 0 spiro atoms. The first-order valence-corrected chi connectivity index (χ1v) is 19.0. The van der Waals surface area contributed by atoms with E-state index in [2.05, 4.69) is 127 Å². The summed E-state index contributed by atoms with van der Waals surface area (Å²) >= 11 is 0. The smallest absolute Gasteiger partial charge is 0.227 e. The van der Waals surface area contributed by atoms with Crippen molar-refractivity contribution in [1.29, 1.82) is 0 Å². The third kappa shape index (κ3) is 5.81. The van der Waals surface area contributed by atoms with Gasteiger partial charge in [0.1, 0.15) is 5.52 Å². The molecular formula is C52H32N4O. The van der Waals surface area contributed by atoms with Crippen molar-refractivity contribution in [1.82, 2.24) is 19.9 Å². The minimum Gasteiger partial charge on any atom is -0.435 e. The van der Waals surface area contributed by atoms with Crippen molar-refractivity contribution in [3.8, 4) is 67.9 Å². The molecule has 0 unspecified atom stereocenters. The second-order valence-corrected chi connectivity index (χ2v) is 14.2. The Morgan fingerprint density at radius 1 is 0.298 bits per heavy atom. The highest BCUT2D eigenvalue weighted by Crippen LogP contribution is 2.41. The number of benzene rings is 9. The maximum atomic E-state index is 6.71. The van der Waals surface area contributed by atoms with Gasteiger partial charge < -0.3 is 4.42 Å². The van der Waals surface area contributed by atoms with Gasteiger partial charge in [0.25, 0.3) is 0 Å². The fourth-order valence-corrected chi connectivity index (χ4v) is 7.92. The zero-order chi connectivity index (χ0) is 37.7. The molecule has 0 fully saturated rings. The van der Waals surface area contributed by atoms with E-state index in [-0.39, 0.29) is 0 Å². The third-order valence-corrected chi connectivity index (χ3v) is 10.7. The van der Waals surface area contributed by atoms with Crippen LogP contribution in [0.2, 0.25) is 0 Å². The molecule has 0 atom stereocenters. The Morgan fingerprint density at radius 3 is 1.60 bits per heavy atom. The van der Waals surface area contributed by atoms with Gasteiger partial charge in [0.05, 0.1) is 0 Å². The summed E-state index contributed by atoms with van der Waals surface area (Å²) in [5.74, 6) is 2.47. The van der Waals surface area contributed by atoms with E-state index in [1.807, 2.05) is 66.7 Å². The minimum absolute atomic E-state index is 0.600. The lowest BCUT2D eigenvalue weighted by atomic mass is 9.94. The van der Waals surface area contributed by atoms with E-state index in [9.17, 15) is 0 Å². The molecule has 0 saturated carbocycles. The lowest BCUT2D eigenvalue weighted by Crippen LogP contribution is -2.00. The molecule has 0 N–H and O–H groups in total. The average Bonchev–Trinajstić information content (AvgIpc) is 3.76. The monoisotopic (exact) mass is 728 g/mol. The Balaban J connectivity index is 1.08. The Hall–Kier alpha value is -7.76. The van der Waals surface area contributed by atoms with Crippen molar-refractivity contribution in [3.05, 3.63) is 194 Å². The summed E-state index contributed by atoms with van der Waals surface area (Å²) in [6, 6.07) is 67.0. The molecule has 5 nitrogen and oxygen atoms in total. The van der Waals surface area contributed by atoms with Crippen LogP contribution in [0, 0.1) is 0 Å². The molecule has 0 aliphatic heterocycles. The van der Waals surface area contributed by atoms with Crippen LogP contribution in [0.3, 0.4) is 0 Å². The maximum Gasteiger partial charge on any atom is 0.227 e. The number of rotatable bonds is 6. The van der Waals surface area contributed by atoms with Crippen LogP contribution in [-0.2, 0) is 0 Å². The lowest BCUT2D eigenvalue weighted by Gasteiger charge is -2.12. The van der Waals surface area contributed by atoms with Crippen molar-refractivity contribution >= 4 is 43.4 Å². The Labute approximate surface area is 328 Å². The fraction of sp³-hybridized carbons (Fsp3) is 0. The molecule has 0 saturated heterocycles. The highest BCUT2D eigenvalue weighted by molar-refractivity contribution is 6.24. The molecule has 9 aromatic carbocycles. The highest BCUT2D eigenvalue weighted by Gasteiger charge is 2.19. The van der Waals surface area contributed by atoms with Gasteiger partial charge in [-0.15, -0.1) is 0 Å². The fourth-order valence-electron chi connectivity index (χ4n) is 7.92. The van der Waals surface area contributed by atoms with Gasteiger partial charge in [0.2, 0.25) is 5.89 Å². The van der Waals surface area contributed by atoms with E-state index in [0.717, 1.165) is 87.9 Å². The van der Waals surface area contributed by atoms with Crippen LogP contribution < -0.4 is 0 Å². The summed E-state index contributed by atoms with van der Waals surface area (Å²) in [6.07, 6.45) is 0. The van der Waals surface area contributed by atoms with Crippen molar-refractivity contribution in [2.24, 2.45) is 0 Å². The molecule has 0 bridgehead atoms. The van der Waals surface area contributed by atoms with Gasteiger partial charge in [-0.1, -0.05) is 164 Å². The summed E-state index contributed by atoms with van der Waals surface area (Å²) < 4.78 is 6.71. The van der Waals surface area contributed by atoms with E-state index >= 15 is 0 Å². The SMILES string of the molecule is c1ccc(-c2ccc3c4ccc(-c5cccc(-c6nc(-c7ccccc7)nc(-c7cccc8ccccc78)n6)c5)cc4c4oc(-c5ccccc5)nc4c3c2)cc1. The van der Waals surface area contributed by atoms with Crippen molar-refractivity contribution in [2.45, 2.75) is 0 Å². The van der Waals surface area contributed by atoms with Gasteiger partial charge >= 0.3 is 0 Å². The van der Waals surface area contributed by atoms with Crippen LogP contribution >= 0.6 is 0 Å². The van der Waals surface area contributed by atoms with Gasteiger partial charge in [0.15, 0.2) is 23.1 Å². The predicted octanol–water partition coefficient (Wildman–Crippen LogP) is 13.5. The van der Waals surface area contributed by atoms with Crippen LogP contribution in [0.1, 0.15) is 0 Å². The van der Waals surface area contributed by atoms with E-state index < -0.39 is 0 Å². The molecule has 0 amide bonds. The van der Waals surface area contributed by atoms with Gasteiger partial charge in [0, 0.05) is 33.0 Å². The van der Waals surface area contributed by atoms with Gasteiger partial charge in [-0.25, -0.2) is 19.9 Å². The Kier molecular flexibility index (Phi) is 7.74. The first kappa shape index (κ1) is 32.7. The van der Waals surface area contributed by atoms with Gasteiger partial charge in [-0.2, -0.15) is 0 Å². The summed E-state index contributed by atoms with van der Waals surface area (Å²) in [5.41, 5.74) is 9.74. The summed E-state index contributed by atoms with van der Waals surface area (Å²) in [7, 11) is 0. The van der Waals surface area contributed by atoms with E-state index in [4.69, 9.17) is 24.4 Å². The molecular weight excluding hydrogens is 697 g/mol. The van der Waals surface area contributed by atoms with Gasteiger partial charge in [-0.3, -0.25) is 0 Å². The molecule has 266 valence electrons. The second-order valence-electron chi connectivity index (χ2n) is 14.2. The molecule has 2 aromatic heterocycles. The number of aromatic nitrogens is 4. The van der Waals surface area contributed by atoms with Crippen LogP contribution in [0.4, 0.5) is 0 Å². The van der Waals surface area contributed by atoms with Crippen molar-refractivity contribution in [3.63, 3.8) is 0 Å². The van der Waals surface area contributed by atoms with Crippen LogP contribution in [-0.4, -0.2) is 19.9 Å². The topological polar surface area (TPSA) is 64.7 Å². The number of oxazole rings is 1. The third-order valence-electron chi connectivity index (χ3n) is 10.7. The summed E-state index contributed by atoms with van der Waals surface area (Å²) in [5, 5.41) is 6.54. The number of hydrogen-bond acceptors (Lipinski definition) is 5. The molecule has 57 heavy (non-hydrogen) atoms. The molecule has 0 radical (unpaired) electrons. The molecule has 0 aliphatic carbocycles. The molecule has 0 aliphatic rings. The Bertz CT molecular complexity index is 3280. The van der Waals surface area contributed by atoms with E-state index in [1.165, 1.54) is 0 Å². The quantitative estimate of drug-likeness (QED) is 0.160. The normalized spacial score (nSPS) is 11.5. The zero-order valence-corrected chi connectivity index (χ0v) is 30.7. The first-order valence-electron chi connectivity index (χ1n) is 19.0. The Morgan fingerprint density at radius 2 is 0.825 bits per heavy atom. The van der Waals surface area contributed by atoms with E-state index in [0.29, 0.717) is 23.4 Å². The maximum absolute atomic E-state index is 6.71. The summed E-state index contributed by atoms with van der Waals surface area (Å²) in [4.78, 5) is 20.4. The number of nitrogens with zero attached hydrogens (tertiary/aromatic N) is 4. The van der Waals surface area contributed by atoms with Crippen LogP contribution in [0.15, 0.2) is 199 Å². The zero-order valence-electron chi connectivity index (χ0n) is 30.7. The predicted molar refractivity (Wildman–Crippen MR) is 233 cm³/mol. The minimum atomic E-state index is 0.600. The average molecular weight is 729 g/mol. The second kappa shape index (κ2) is 13.5. The highest BCUT2D eigenvalue weighted by atomic mass is 16.3. The van der Waals surface area contributed by atoms with E-state index in [1.54, 1.807) is 0 Å². The van der Waals surface area contributed by atoms with Crippen molar-refractivity contribution < 1.29 is 4.42 Å². The first-order chi connectivity index (χ1) is 28.2. The van der Waals surface area contributed by atoms with Crippen molar-refractivity contribution in [2.75, 3.05) is 0 Å². The van der Waals surface area contributed by atoms with Crippen LogP contribution in [0.25, 0.3) is 111 Å². The van der Waals surface area contributed by atoms with Crippen LogP contribution in [0.5, 0.6) is 0 Å².